The Labute approximate surface area is 115 Å². The van der Waals surface area contributed by atoms with Crippen molar-refractivity contribution in [2.45, 2.75) is 72.4 Å². The SMILES string of the molecule is CCCC1CNC(C(C)C)CN1CCCC(C)C. The van der Waals surface area contributed by atoms with Crippen molar-refractivity contribution in [3.8, 4) is 0 Å². The van der Waals surface area contributed by atoms with E-state index in [1.54, 1.807) is 0 Å². The molecule has 0 aromatic rings. The lowest BCUT2D eigenvalue weighted by Gasteiger charge is -2.42. The molecule has 1 aliphatic rings. The Morgan fingerprint density at radius 1 is 1.22 bits per heavy atom. The summed E-state index contributed by atoms with van der Waals surface area (Å²) >= 11 is 0. The van der Waals surface area contributed by atoms with Crippen molar-refractivity contribution >= 4 is 0 Å². The zero-order valence-corrected chi connectivity index (χ0v) is 13.2. The molecule has 0 aromatic carbocycles. The minimum Gasteiger partial charge on any atom is -0.311 e. The lowest BCUT2D eigenvalue weighted by molar-refractivity contribution is 0.104. The second-order valence-corrected chi connectivity index (χ2v) is 6.73. The first-order valence-corrected chi connectivity index (χ1v) is 8.02. The van der Waals surface area contributed by atoms with Gasteiger partial charge < -0.3 is 5.32 Å². The van der Waals surface area contributed by atoms with Gasteiger partial charge in [0.2, 0.25) is 0 Å². The van der Waals surface area contributed by atoms with Gasteiger partial charge in [-0.2, -0.15) is 0 Å². The van der Waals surface area contributed by atoms with E-state index in [-0.39, 0.29) is 0 Å². The molecule has 18 heavy (non-hydrogen) atoms. The van der Waals surface area contributed by atoms with Gasteiger partial charge in [-0.05, 0) is 37.6 Å². The molecule has 1 heterocycles. The maximum Gasteiger partial charge on any atom is 0.0221 e. The second-order valence-electron chi connectivity index (χ2n) is 6.73. The minimum absolute atomic E-state index is 0.692. The van der Waals surface area contributed by atoms with Crippen LogP contribution in [0.3, 0.4) is 0 Å². The van der Waals surface area contributed by atoms with Gasteiger partial charge in [0.15, 0.2) is 0 Å². The van der Waals surface area contributed by atoms with E-state index in [2.05, 4.69) is 44.8 Å². The number of hydrogen-bond acceptors (Lipinski definition) is 2. The highest BCUT2D eigenvalue weighted by Crippen LogP contribution is 2.17. The van der Waals surface area contributed by atoms with E-state index in [1.807, 2.05) is 0 Å². The molecule has 0 amide bonds. The van der Waals surface area contributed by atoms with Gasteiger partial charge in [-0.1, -0.05) is 41.0 Å². The van der Waals surface area contributed by atoms with Crippen molar-refractivity contribution in [3.63, 3.8) is 0 Å². The van der Waals surface area contributed by atoms with Crippen LogP contribution in [0.1, 0.15) is 60.3 Å². The predicted molar refractivity (Wildman–Crippen MR) is 81.0 cm³/mol. The topological polar surface area (TPSA) is 15.3 Å². The molecule has 0 spiro atoms. The molecule has 0 aliphatic carbocycles. The first-order valence-electron chi connectivity index (χ1n) is 8.02. The highest BCUT2D eigenvalue weighted by molar-refractivity contribution is 4.87. The van der Waals surface area contributed by atoms with E-state index in [0.717, 1.165) is 17.9 Å². The molecule has 1 saturated heterocycles. The summed E-state index contributed by atoms with van der Waals surface area (Å²) in [6, 6.07) is 1.47. The Bertz CT molecular complexity index is 213. The van der Waals surface area contributed by atoms with E-state index in [1.165, 1.54) is 45.3 Å². The summed E-state index contributed by atoms with van der Waals surface area (Å²) in [5.41, 5.74) is 0. The van der Waals surface area contributed by atoms with Crippen molar-refractivity contribution < 1.29 is 0 Å². The second kappa shape index (κ2) is 8.16. The molecular formula is C16H34N2. The van der Waals surface area contributed by atoms with Crippen molar-refractivity contribution in [1.82, 2.24) is 10.2 Å². The van der Waals surface area contributed by atoms with Gasteiger partial charge in [0.25, 0.3) is 0 Å². The zero-order valence-electron chi connectivity index (χ0n) is 13.2. The number of nitrogens with one attached hydrogen (secondary N) is 1. The molecule has 0 saturated carbocycles. The Balaban J connectivity index is 2.44. The molecule has 1 aliphatic heterocycles. The van der Waals surface area contributed by atoms with Crippen LogP contribution >= 0.6 is 0 Å². The summed E-state index contributed by atoms with van der Waals surface area (Å²) in [5, 5.41) is 3.74. The van der Waals surface area contributed by atoms with E-state index in [9.17, 15) is 0 Å². The van der Waals surface area contributed by atoms with Crippen molar-refractivity contribution in [2.75, 3.05) is 19.6 Å². The largest absolute Gasteiger partial charge is 0.311 e. The fourth-order valence-corrected chi connectivity index (χ4v) is 2.92. The van der Waals surface area contributed by atoms with Gasteiger partial charge in [-0.3, -0.25) is 4.90 Å². The van der Waals surface area contributed by atoms with Crippen molar-refractivity contribution in [3.05, 3.63) is 0 Å². The van der Waals surface area contributed by atoms with Crippen LogP contribution in [0.4, 0.5) is 0 Å². The third kappa shape index (κ3) is 5.27. The first-order chi connectivity index (χ1) is 8.54. The number of hydrogen-bond donors (Lipinski definition) is 1. The summed E-state index contributed by atoms with van der Waals surface area (Å²) < 4.78 is 0. The number of nitrogens with zero attached hydrogens (tertiary/aromatic N) is 1. The van der Waals surface area contributed by atoms with Gasteiger partial charge in [0, 0.05) is 25.2 Å². The fourth-order valence-electron chi connectivity index (χ4n) is 2.92. The van der Waals surface area contributed by atoms with Crippen LogP contribution in [-0.4, -0.2) is 36.6 Å². The van der Waals surface area contributed by atoms with E-state index < -0.39 is 0 Å². The van der Waals surface area contributed by atoms with Gasteiger partial charge in [0.1, 0.15) is 0 Å². The smallest absolute Gasteiger partial charge is 0.0221 e. The van der Waals surface area contributed by atoms with Crippen LogP contribution in [0.2, 0.25) is 0 Å². The predicted octanol–water partition coefficient (Wildman–Crippen LogP) is 3.52. The average Bonchev–Trinajstić information content (AvgIpc) is 2.30. The van der Waals surface area contributed by atoms with Crippen molar-refractivity contribution in [2.24, 2.45) is 11.8 Å². The van der Waals surface area contributed by atoms with Crippen LogP contribution < -0.4 is 5.32 Å². The Morgan fingerprint density at radius 3 is 2.50 bits per heavy atom. The fraction of sp³-hybridized carbons (Fsp3) is 1.00. The van der Waals surface area contributed by atoms with Gasteiger partial charge >= 0.3 is 0 Å². The molecule has 2 unspecified atom stereocenters. The van der Waals surface area contributed by atoms with Crippen LogP contribution in [0.25, 0.3) is 0 Å². The highest BCUT2D eigenvalue weighted by atomic mass is 15.2. The summed E-state index contributed by atoms with van der Waals surface area (Å²) in [5.74, 6) is 1.60. The maximum absolute atomic E-state index is 3.74. The average molecular weight is 254 g/mol. The molecule has 2 heteroatoms. The maximum atomic E-state index is 3.74. The monoisotopic (exact) mass is 254 g/mol. The highest BCUT2D eigenvalue weighted by Gasteiger charge is 2.28. The van der Waals surface area contributed by atoms with E-state index in [0.29, 0.717) is 6.04 Å². The number of rotatable bonds is 7. The third-order valence-corrected chi connectivity index (χ3v) is 4.22. The Morgan fingerprint density at radius 2 is 1.94 bits per heavy atom. The Hall–Kier alpha value is -0.0800. The summed E-state index contributed by atoms with van der Waals surface area (Å²) in [6.45, 7) is 15.4. The lowest BCUT2D eigenvalue weighted by atomic mass is 9.97. The van der Waals surface area contributed by atoms with Gasteiger partial charge in [-0.15, -0.1) is 0 Å². The minimum atomic E-state index is 0.692. The molecule has 2 atom stereocenters. The third-order valence-electron chi connectivity index (χ3n) is 4.22. The summed E-state index contributed by atoms with van der Waals surface area (Å²) in [4.78, 5) is 2.76. The molecular weight excluding hydrogens is 220 g/mol. The van der Waals surface area contributed by atoms with Crippen molar-refractivity contribution in [1.29, 1.82) is 0 Å². The van der Waals surface area contributed by atoms with Crippen LogP contribution in [0.5, 0.6) is 0 Å². The molecule has 108 valence electrons. The lowest BCUT2D eigenvalue weighted by Crippen LogP contribution is -2.58. The Kier molecular flexibility index (Phi) is 7.25. The first kappa shape index (κ1) is 16.0. The normalized spacial score (nSPS) is 26.2. The van der Waals surface area contributed by atoms with Gasteiger partial charge in [0.05, 0.1) is 0 Å². The molecule has 1 rings (SSSR count). The number of piperazine rings is 1. The van der Waals surface area contributed by atoms with Gasteiger partial charge in [-0.25, -0.2) is 0 Å². The van der Waals surface area contributed by atoms with Crippen LogP contribution in [0.15, 0.2) is 0 Å². The standard InChI is InChI=1S/C16H34N2/c1-6-8-15-11-17-16(14(4)5)12-18(15)10-7-9-13(2)3/h13-17H,6-12H2,1-5H3. The molecule has 0 aromatic heterocycles. The molecule has 0 bridgehead atoms. The summed E-state index contributed by atoms with van der Waals surface area (Å²) in [6.07, 6.45) is 5.39. The van der Waals surface area contributed by atoms with E-state index in [4.69, 9.17) is 0 Å². The van der Waals surface area contributed by atoms with E-state index >= 15 is 0 Å². The molecule has 0 radical (unpaired) electrons. The molecule has 1 N–H and O–H groups in total. The van der Waals surface area contributed by atoms with Crippen LogP contribution in [-0.2, 0) is 0 Å². The van der Waals surface area contributed by atoms with Crippen LogP contribution in [0, 0.1) is 11.8 Å². The molecule has 1 fully saturated rings. The summed E-state index contributed by atoms with van der Waals surface area (Å²) in [7, 11) is 0. The quantitative estimate of drug-likeness (QED) is 0.748. The molecule has 2 nitrogen and oxygen atoms in total. The zero-order chi connectivity index (χ0) is 13.5.